The molecule has 4 heteroatoms. The Labute approximate surface area is 98.5 Å². The molecule has 96 valence electrons. The van der Waals surface area contributed by atoms with Crippen LogP contribution in [0.4, 0.5) is 0 Å². The molecule has 0 bridgehead atoms. The van der Waals surface area contributed by atoms with Crippen LogP contribution in [0.2, 0.25) is 0 Å². The van der Waals surface area contributed by atoms with Crippen LogP contribution in [0.3, 0.4) is 0 Å². The zero-order valence-corrected chi connectivity index (χ0v) is 10.6. The topological polar surface area (TPSA) is 36.9 Å². The van der Waals surface area contributed by atoms with Crippen molar-refractivity contribution >= 4 is 0 Å². The first-order valence-corrected chi connectivity index (χ1v) is 5.66. The lowest BCUT2D eigenvalue weighted by atomic mass is 10.1. The predicted molar refractivity (Wildman–Crippen MR) is 63.0 cm³/mol. The number of allylic oxidation sites excluding steroid dienone is 1. The van der Waals surface area contributed by atoms with Crippen LogP contribution >= 0.6 is 0 Å². The van der Waals surface area contributed by atoms with Gasteiger partial charge in [0.25, 0.3) is 0 Å². The van der Waals surface area contributed by atoms with Crippen molar-refractivity contribution in [2.75, 3.05) is 28.1 Å². The van der Waals surface area contributed by atoms with E-state index in [0.717, 1.165) is 25.7 Å². The fourth-order valence-electron chi connectivity index (χ4n) is 1.33. The van der Waals surface area contributed by atoms with Gasteiger partial charge in [0.15, 0.2) is 13.1 Å². The maximum absolute atomic E-state index is 5.10. The van der Waals surface area contributed by atoms with E-state index in [4.69, 9.17) is 18.9 Å². The Morgan fingerprint density at radius 2 is 1.75 bits per heavy atom. The molecule has 0 spiro atoms. The van der Waals surface area contributed by atoms with Crippen LogP contribution in [0.15, 0.2) is 12.3 Å². The van der Waals surface area contributed by atoms with Crippen molar-refractivity contribution in [3.8, 4) is 0 Å². The lowest BCUT2D eigenvalue weighted by Gasteiger charge is -2.12. The fourth-order valence-corrected chi connectivity index (χ4v) is 1.33. The highest BCUT2D eigenvalue weighted by molar-refractivity contribution is 4.72. The summed E-state index contributed by atoms with van der Waals surface area (Å²) in [5.74, 6) is 0. The predicted octanol–water partition coefficient (Wildman–Crippen LogP) is 2.69. The van der Waals surface area contributed by atoms with Gasteiger partial charge in [-0.05, 0) is 31.8 Å². The molecule has 4 nitrogen and oxygen atoms in total. The van der Waals surface area contributed by atoms with Gasteiger partial charge in [0.2, 0.25) is 0 Å². The second-order valence-corrected chi connectivity index (χ2v) is 3.48. The van der Waals surface area contributed by atoms with Gasteiger partial charge in [0.1, 0.15) is 0 Å². The molecule has 0 N–H and O–H groups in total. The molecule has 0 aliphatic carbocycles. The van der Waals surface area contributed by atoms with E-state index in [1.165, 1.54) is 6.42 Å². The second-order valence-electron chi connectivity index (χ2n) is 3.48. The van der Waals surface area contributed by atoms with E-state index < -0.39 is 0 Å². The minimum atomic E-state index is -0.0550. The number of hydrogen-bond donors (Lipinski definition) is 0. The van der Waals surface area contributed by atoms with Gasteiger partial charge in [-0.3, -0.25) is 0 Å². The molecule has 0 aromatic carbocycles. The van der Waals surface area contributed by atoms with Gasteiger partial charge in [-0.2, -0.15) is 0 Å². The smallest absolute Gasteiger partial charge is 0.187 e. The van der Waals surface area contributed by atoms with Crippen molar-refractivity contribution in [2.45, 2.75) is 38.4 Å². The highest BCUT2D eigenvalue weighted by atomic mass is 16.7. The van der Waals surface area contributed by atoms with Crippen molar-refractivity contribution in [1.82, 2.24) is 0 Å². The molecule has 0 heterocycles. The fraction of sp³-hybridized carbons (Fsp3) is 0.833. The van der Waals surface area contributed by atoms with Crippen molar-refractivity contribution in [3.05, 3.63) is 12.3 Å². The first-order valence-electron chi connectivity index (χ1n) is 5.66. The van der Waals surface area contributed by atoms with Crippen LogP contribution < -0.4 is 0 Å². The molecule has 0 aliphatic heterocycles. The number of hydrogen-bond acceptors (Lipinski definition) is 4. The Kier molecular flexibility index (Phi) is 12.0. The number of rotatable bonds is 11. The molecule has 0 atom stereocenters. The molecule has 16 heavy (non-hydrogen) atoms. The third-order valence-corrected chi connectivity index (χ3v) is 2.21. The van der Waals surface area contributed by atoms with E-state index in [1.807, 2.05) is 6.08 Å². The summed E-state index contributed by atoms with van der Waals surface area (Å²) in [5, 5.41) is 0. The highest BCUT2D eigenvalue weighted by Gasteiger charge is 2.02. The largest absolute Gasteiger partial charge is 0.476 e. The third-order valence-electron chi connectivity index (χ3n) is 2.21. The van der Waals surface area contributed by atoms with Crippen molar-refractivity contribution in [2.24, 2.45) is 0 Å². The minimum absolute atomic E-state index is 0.0550. The summed E-state index contributed by atoms with van der Waals surface area (Å²) in [6, 6.07) is 0. The summed E-state index contributed by atoms with van der Waals surface area (Å²) in [6.07, 6.45) is 9.11. The van der Waals surface area contributed by atoms with Gasteiger partial charge in [-0.15, -0.1) is 0 Å². The van der Waals surface area contributed by atoms with Gasteiger partial charge >= 0.3 is 0 Å². The van der Waals surface area contributed by atoms with Gasteiger partial charge in [-0.25, -0.2) is 0 Å². The molecule has 0 aromatic rings. The molecule has 0 amide bonds. The van der Waals surface area contributed by atoms with Crippen LogP contribution in [0, 0.1) is 0 Å². The summed E-state index contributed by atoms with van der Waals surface area (Å²) >= 11 is 0. The summed E-state index contributed by atoms with van der Waals surface area (Å²) in [4.78, 5) is 0. The van der Waals surface area contributed by atoms with Crippen LogP contribution in [0.25, 0.3) is 0 Å². The first-order chi connectivity index (χ1) is 7.85. The van der Waals surface area contributed by atoms with Gasteiger partial charge in [-0.1, -0.05) is 6.42 Å². The molecule has 0 aromatic heterocycles. The van der Waals surface area contributed by atoms with Crippen molar-refractivity contribution < 1.29 is 18.9 Å². The summed E-state index contributed by atoms with van der Waals surface area (Å²) in [7, 11) is 4.95. The van der Waals surface area contributed by atoms with Crippen molar-refractivity contribution in [3.63, 3.8) is 0 Å². The normalized spacial score (nSPS) is 11.5. The lowest BCUT2D eigenvalue weighted by molar-refractivity contribution is -0.107. The third kappa shape index (κ3) is 9.96. The van der Waals surface area contributed by atoms with E-state index in [2.05, 4.69) is 0 Å². The monoisotopic (exact) mass is 232 g/mol. The molecule has 0 unspecified atom stereocenters. The van der Waals surface area contributed by atoms with E-state index >= 15 is 0 Å². The Bertz CT molecular complexity index is 155. The Hall–Kier alpha value is -0.580. The van der Waals surface area contributed by atoms with Crippen LogP contribution in [0.1, 0.15) is 32.1 Å². The Morgan fingerprint density at radius 3 is 2.38 bits per heavy atom. The second kappa shape index (κ2) is 12.5. The first kappa shape index (κ1) is 15.4. The molecule has 0 radical (unpaired) electrons. The number of ether oxygens (including phenoxy) is 4. The molecule has 0 rings (SSSR count). The minimum Gasteiger partial charge on any atom is -0.476 e. The average molecular weight is 232 g/mol. The van der Waals surface area contributed by atoms with Gasteiger partial charge in [0.05, 0.1) is 6.26 Å². The zero-order valence-electron chi connectivity index (χ0n) is 10.6. The molecule has 0 aliphatic rings. The molecular formula is C12H24O4. The van der Waals surface area contributed by atoms with Crippen LogP contribution in [-0.4, -0.2) is 34.4 Å². The SMILES string of the molecule is COCOC=CCCCCCC(OC)OC. The van der Waals surface area contributed by atoms with E-state index in [-0.39, 0.29) is 6.29 Å². The molecular weight excluding hydrogens is 208 g/mol. The number of unbranched alkanes of at least 4 members (excludes halogenated alkanes) is 3. The summed E-state index contributed by atoms with van der Waals surface area (Å²) < 4.78 is 20.0. The van der Waals surface area contributed by atoms with Crippen LogP contribution in [0.5, 0.6) is 0 Å². The Balaban J connectivity index is 3.17. The van der Waals surface area contributed by atoms with Gasteiger partial charge < -0.3 is 18.9 Å². The maximum Gasteiger partial charge on any atom is 0.187 e. The summed E-state index contributed by atoms with van der Waals surface area (Å²) in [6.45, 7) is 0.319. The van der Waals surface area contributed by atoms with Crippen molar-refractivity contribution in [1.29, 1.82) is 0 Å². The van der Waals surface area contributed by atoms with E-state index in [1.54, 1.807) is 27.6 Å². The van der Waals surface area contributed by atoms with E-state index in [0.29, 0.717) is 6.79 Å². The van der Waals surface area contributed by atoms with Crippen LogP contribution in [-0.2, 0) is 18.9 Å². The number of methoxy groups -OCH3 is 3. The maximum atomic E-state index is 5.10. The van der Waals surface area contributed by atoms with Gasteiger partial charge in [0, 0.05) is 21.3 Å². The molecule has 0 fully saturated rings. The zero-order chi connectivity index (χ0) is 12.1. The summed E-state index contributed by atoms with van der Waals surface area (Å²) in [5.41, 5.74) is 0. The van der Waals surface area contributed by atoms with E-state index in [9.17, 15) is 0 Å². The lowest BCUT2D eigenvalue weighted by Crippen LogP contribution is -2.12. The molecule has 0 saturated carbocycles. The average Bonchev–Trinajstić information content (AvgIpc) is 2.32. The standard InChI is InChI=1S/C12H24O4/c1-13-11-16-10-8-6-4-5-7-9-12(14-2)15-3/h8,10,12H,4-7,9,11H2,1-3H3. The highest BCUT2D eigenvalue weighted by Crippen LogP contribution is 2.08. The molecule has 0 saturated heterocycles. The quantitative estimate of drug-likeness (QED) is 0.312. The Morgan fingerprint density at radius 1 is 1.00 bits per heavy atom.